The smallest absolute Gasteiger partial charge is 0.445 e. The second-order valence-corrected chi connectivity index (χ2v) is 7.56. The van der Waals surface area contributed by atoms with Crippen LogP contribution in [0, 0.1) is 10.5 Å². The number of hydrogen-bond donors (Lipinski definition) is 0. The second-order valence-electron chi connectivity index (χ2n) is 3.54. The molecule has 0 N–H and O–H groups in total. The number of benzene rings is 1. The zero-order chi connectivity index (χ0) is 13.4. The molecule has 0 unspecified atom stereocenters. The van der Waals surface area contributed by atoms with Crippen molar-refractivity contribution in [2.45, 2.75) is 12.7 Å². The summed E-state index contributed by atoms with van der Waals surface area (Å²) >= 11 is 1.71. The van der Waals surface area contributed by atoms with E-state index in [1.165, 1.54) is 13.0 Å². The average Bonchev–Trinajstić information content (AvgIpc) is 2.06. The van der Waals surface area contributed by atoms with Crippen molar-refractivity contribution < 1.29 is 72.7 Å². The molecule has 0 aliphatic carbocycles. The first-order valence-electron chi connectivity index (χ1n) is 4.42. The SMILES string of the molecule is Cc1c(CS(=O)(=O)Cl)cc(I)cc1[B-](F)(F)F.[K+]. The van der Waals surface area contributed by atoms with Crippen LogP contribution in [0.15, 0.2) is 12.1 Å². The molecule has 0 fully saturated rings. The van der Waals surface area contributed by atoms with Gasteiger partial charge in [0.2, 0.25) is 9.05 Å². The maximum absolute atomic E-state index is 12.7. The molecule has 0 heterocycles. The topological polar surface area (TPSA) is 34.1 Å². The van der Waals surface area contributed by atoms with Gasteiger partial charge < -0.3 is 12.9 Å². The fourth-order valence-electron chi connectivity index (χ4n) is 1.43. The Bertz CT molecular complexity index is 550. The zero-order valence-corrected chi connectivity index (χ0v) is 16.4. The van der Waals surface area contributed by atoms with Crippen LogP contribution in [0.4, 0.5) is 12.9 Å². The molecule has 0 aliphatic heterocycles. The molecular weight excluding hydrogens is 429 g/mol. The van der Waals surface area contributed by atoms with Crippen LogP contribution in [-0.4, -0.2) is 15.4 Å². The van der Waals surface area contributed by atoms with Gasteiger partial charge in [0.25, 0.3) is 0 Å². The number of hydrogen-bond acceptors (Lipinski definition) is 2. The summed E-state index contributed by atoms with van der Waals surface area (Å²) in [5.41, 5.74) is -0.768. The molecular formula is C8H7BClF3IKO2S. The Morgan fingerprint density at radius 1 is 1.33 bits per heavy atom. The normalized spacial score (nSPS) is 12.1. The van der Waals surface area contributed by atoms with Gasteiger partial charge in [-0.15, -0.1) is 5.46 Å². The number of rotatable bonds is 3. The summed E-state index contributed by atoms with van der Waals surface area (Å²) in [5, 5.41) is 0. The standard InChI is InChI=1S/C8H7BClF3IO2S.K/c1-5-6(4-17(10,15)16)2-7(14)3-8(5)9(11,12)13;/h2-3H,4H2,1H3;/q-1;+1. The van der Waals surface area contributed by atoms with Crippen molar-refractivity contribution in [3.63, 3.8) is 0 Å². The molecule has 0 aromatic heterocycles. The molecule has 0 atom stereocenters. The van der Waals surface area contributed by atoms with Crippen molar-refractivity contribution in [2.24, 2.45) is 0 Å². The van der Waals surface area contributed by atoms with Crippen molar-refractivity contribution in [1.82, 2.24) is 0 Å². The van der Waals surface area contributed by atoms with Crippen LogP contribution < -0.4 is 56.8 Å². The van der Waals surface area contributed by atoms with Crippen molar-refractivity contribution >= 4 is 54.8 Å². The minimum Gasteiger partial charge on any atom is -0.445 e. The van der Waals surface area contributed by atoms with Crippen LogP contribution in [0.3, 0.4) is 0 Å². The molecule has 18 heavy (non-hydrogen) atoms. The van der Waals surface area contributed by atoms with E-state index in [2.05, 4.69) is 0 Å². The van der Waals surface area contributed by atoms with Gasteiger partial charge in [-0.25, -0.2) is 8.42 Å². The van der Waals surface area contributed by atoms with Crippen molar-refractivity contribution in [3.8, 4) is 0 Å². The summed E-state index contributed by atoms with van der Waals surface area (Å²) in [6, 6.07) is 2.39. The number of halogens is 5. The fourth-order valence-corrected chi connectivity index (χ4v) is 3.17. The molecule has 0 amide bonds. The summed E-state index contributed by atoms with van der Waals surface area (Å²) in [6.07, 6.45) is 0. The van der Waals surface area contributed by atoms with E-state index in [1.54, 1.807) is 22.6 Å². The predicted molar refractivity (Wildman–Crippen MR) is 71.1 cm³/mol. The van der Waals surface area contributed by atoms with E-state index in [9.17, 15) is 21.4 Å². The minimum absolute atomic E-state index is 0. The first-order chi connectivity index (χ1) is 7.50. The first-order valence-corrected chi connectivity index (χ1v) is 7.97. The molecule has 0 spiro atoms. The van der Waals surface area contributed by atoms with Gasteiger partial charge >= 0.3 is 58.4 Å². The summed E-state index contributed by atoms with van der Waals surface area (Å²) in [4.78, 5) is 0. The van der Waals surface area contributed by atoms with Crippen LogP contribution in [0.25, 0.3) is 0 Å². The first kappa shape index (κ1) is 19.7. The largest absolute Gasteiger partial charge is 1.00 e. The Hall–Kier alpha value is 1.68. The second kappa shape index (κ2) is 7.10. The monoisotopic (exact) mass is 436 g/mol. The van der Waals surface area contributed by atoms with Crippen molar-refractivity contribution in [2.75, 3.05) is 0 Å². The summed E-state index contributed by atoms with van der Waals surface area (Å²) in [5.74, 6) is -0.601. The molecule has 0 aliphatic rings. The zero-order valence-electron chi connectivity index (χ0n) is 9.55. The van der Waals surface area contributed by atoms with Crippen LogP contribution in [-0.2, 0) is 14.8 Å². The molecule has 1 aromatic rings. The molecule has 1 rings (SSSR count). The third-order valence-electron chi connectivity index (χ3n) is 2.20. The van der Waals surface area contributed by atoms with Gasteiger partial charge in [-0.3, -0.25) is 0 Å². The maximum atomic E-state index is 12.7. The van der Waals surface area contributed by atoms with E-state index in [1.807, 2.05) is 0 Å². The van der Waals surface area contributed by atoms with E-state index in [0.717, 1.165) is 6.07 Å². The molecule has 0 bridgehead atoms. The fraction of sp³-hybridized carbons (Fsp3) is 0.250. The van der Waals surface area contributed by atoms with Gasteiger partial charge in [0.05, 0.1) is 5.75 Å². The van der Waals surface area contributed by atoms with Crippen LogP contribution in [0.5, 0.6) is 0 Å². The molecule has 96 valence electrons. The van der Waals surface area contributed by atoms with Crippen molar-refractivity contribution in [3.05, 3.63) is 26.8 Å². The third-order valence-corrected chi connectivity index (χ3v) is 3.81. The van der Waals surface area contributed by atoms with Gasteiger partial charge in [0, 0.05) is 14.3 Å². The van der Waals surface area contributed by atoms with Crippen LogP contribution >= 0.6 is 33.3 Å². The van der Waals surface area contributed by atoms with Gasteiger partial charge in [0.1, 0.15) is 0 Å². The van der Waals surface area contributed by atoms with Crippen LogP contribution in [0.2, 0.25) is 0 Å². The minimum atomic E-state index is -5.16. The maximum Gasteiger partial charge on any atom is 1.00 e. The van der Waals surface area contributed by atoms with E-state index in [4.69, 9.17) is 10.7 Å². The molecule has 1 aromatic carbocycles. The average molecular weight is 436 g/mol. The van der Waals surface area contributed by atoms with E-state index >= 15 is 0 Å². The Morgan fingerprint density at radius 2 is 1.83 bits per heavy atom. The summed E-state index contributed by atoms with van der Waals surface area (Å²) < 4.78 is 60.3. The van der Waals surface area contributed by atoms with Gasteiger partial charge in [-0.1, -0.05) is 11.6 Å². The molecule has 0 saturated carbocycles. The molecule has 0 saturated heterocycles. The Morgan fingerprint density at radius 3 is 2.22 bits per heavy atom. The van der Waals surface area contributed by atoms with Crippen LogP contribution in [0.1, 0.15) is 11.1 Å². The van der Waals surface area contributed by atoms with E-state index in [0.29, 0.717) is 3.57 Å². The summed E-state index contributed by atoms with van der Waals surface area (Å²) in [7, 11) is 1.18. The third kappa shape index (κ3) is 5.98. The van der Waals surface area contributed by atoms with Gasteiger partial charge in [-0.05, 0) is 41.1 Å². The predicted octanol–water partition coefficient (Wildman–Crippen LogP) is -0.273. The quantitative estimate of drug-likeness (QED) is 0.371. The van der Waals surface area contributed by atoms with Gasteiger partial charge in [0.15, 0.2) is 0 Å². The van der Waals surface area contributed by atoms with E-state index < -0.39 is 27.2 Å². The Labute approximate surface area is 164 Å². The summed E-state index contributed by atoms with van der Waals surface area (Å²) in [6.45, 7) is -3.91. The molecule has 0 radical (unpaired) electrons. The Kier molecular flexibility index (Phi) is 7.76. The van der Waals surface area contributed by atoms with Gasteiger partial charge in [-0.2, -0.15) is 0 Å². The molecule has 2 nitrogen and oxygen atoms in total. The Balaban J connectivity index is 0.00000289. The van der Waals surface area contributed by atoms with E-state index in [-0.39, 0.29) is 62.5 Å². The molecule has 10 heteroatoms. The van der Waals surface area contributed by atoms with Crippen molar-refractivity contribution in [1.29, 1.82) is 0 Å².